The molecule has 4 rings (SSSR count). The Bertz CT molecular complexity index is 921. The van der Waals surface area contributed by atoms with Crippen LogP contribution in [-0.4, -0.2) is 29.9 Å². The van der Waals surface area contributed by atoms with E-state index in [1.54, 1.807) is 37.5 Å². The predicted molar refractivity (Wildman–Crippen MR) is 93.4 cm³/mol. The molecule has 1 unspecified atom stereocenters. The number of rotatable bonds is 3. The molecule has 1 amide bonds. The second-order valence-corrected chi connectivity index (χ2v) is 5.82. The van der Waals surface area contributed by atoms with Crippen LogP contribution in [0.2, 0.25) is 0 Å². The van der Waals surface area contributed by atoms with E-state index < -0.39 is 0 Å². The average Bonchev–Trinajstić information content (AvgIpc) is 3.15. The first-order valence-electron chi connectivity index (χ1n) is 7.89. The minimum absolute atomic E-state index is 0.0861. The van der Waals surface area contributed by atoms with E-state index in [9.17, 15) is 4.79 Å². The van der Waals surface area contributed by atoms with Crippen LogP contribution >= 0.6 is 0 Å². The molecule has 1 N–H and O–H groups in total. The normalized spacial score (nSPS) is 16.3. The lowest BCUT2D eigenvalue weighted by Gasteiger charge is -2.34. The van der Waals surface area contributed by atoms with Crippen LogP contribution in [-0.2, 0) is 0 Å². The number of anilines is 1. The highest BCUT2D eigenvalue weighted by atomic mass is 16.5. The molecule has 0 saturated carbocycles. The molecule has 2 aromatic heterocycles. The number of carbonyl (C=O) groups excluding carboxylic acids is 1. The lowest BCUT2D eigenvalue weighted by atomic mass is 10.1. The summed E-state index contributed by atoms with van der Waals surface area (Å²) in [5.74, 6) is 1.94. The van der Waals surface area contributed by atoms with Gasteiger partial charge in [0.1, 0.15) is 17.3 Å². The fourth-order valence-electron chi connectivity index (χ4n) is 2.93. The van der Waals surface area contributed by atoms with Crippen LogP contribution in [0.4, 0.5) is 5.69 Å². The largest absolute Gasteiger partial charge is 0.497 e. The maximum atomic E-state index is 12.7. The molecule has 0 saturated heterocycles. The molecular weight excluding hydrogens is 318 g/mol. The second kappa shape index (κ2) is 5.98. The van der Waals surface area contributed by atoms with Gasteiger partial charge in [0.05, 0.1) is 12.7 Å². The van der Waals surface area contributed by atoms with Gasteiger partial charge in [0.25, 0.3) is 5.91 Å². The topological polar surface area (TPSA) is 67.6 Å². The zero-order valence-electron chi connectivity index (χ0n) is 13.9. The van der Waals surface area contributed by atoms with Gasteiger partial charge in [0, 0.05) is 30.7 Å². The maximum absolute atomic E-state index is 12.7. The first-order valence-corrected chi connectivity index (χ1v) is 7.89. The minimum atomic E-state index is -0.376. The van der Waals surface area contributed by atoms with Crippen molar-refractivity contribution in [2.24, 2.45) is 0 Å². The van der Waals surface area contributed by atoms with E-state index >= 15 is 0 Å². The Balaban J connectivity index is 1.67. The SMILES string of the molecule is COc1ccc2c(c1)C(=O)N(C)C(c1ccc(-c3cccnc3)o1)N2. The van der Waals surface area contributed by atoms with Gasteiger partial charge >= 0.3 is 0 Å². The summed E-state index contributed by atoms with van der Waals surface area (Å²) >= 11 is 0. The van der Waals surface area contributed by atoms with E-state index in [0.29, 0.717) is 22.8 Å². The summed E-state index contributed by atoms with van der Waals surface area (Å²) in [6.07, 6.45) is 3.08. The van der Waals surface area contributed by atoms with E-state index in [1.807, 2.05) is 36.4 Å². The molecule has 6 heteroatoms. The zero-order valence-corrected chi connectivity index (χ0v) is 13.9. The zero-order chi connectivity index (χ0) is 17.4. The van der Waals surface area contributed by atoms with Gasteiger partial charge in [0.15, 0.2) is 6.17 Å². The Morgan fingerprint density at radius 1 is 1.24 bits per heavy atom. The second-order valence-electron chi connectivity index (χ2n) is 5.82. The molecule has 126 valence electrons. The van der Waals surface area contributed by atoms with Crippen LogP contribution < -0.4 is 10.1 Å². The van der Waals surface area contributed by atoms with E-state index in [0.717, 1.165) is 11.3 Å². The van der Waals surface area contributed by atoms with Crippen molar-refractivity contribution in [2.45, 2.75) is 6.17 Å². The summed E-state index contributed by atoms with van der Waals surface area (Å²) in [6, 6.07) is 13.0. The summed E-state index contributed by atoms with van der Waals surface area (Å²) in [6.45, 7) is 0. The van der Waals surface area contributed by atoms with Gasteiger partial charge in [-0.2, -0.15) is 0 Å². The summed E-state index contributed by atoms with van der Waals surface area (Å²) in [5.41, 5.74) is 2.23. The van der Waals surface area contributed by atoms with Crippen molar-refractivity contribution in [3.63, 3.8) is 0 Å². The molecule has 1 atom stereocenters. The predicted octanol–water partition coefficient (Wildman–Crippen LogP) is 3.55. The molecule has 0 aliphatic carbocycles. The molecular formula is C19H17N3O3. The van der Waals surface area contributed by atoms with Gasteiger partial charge in [-0.15, -0.1) is 0 Å². The van der Waals surface area contributed by atoms with Crippen molar-refractivity contribution >= 4 is 11.6 Å². The molecule has 3 aromatic rings. The minimum Gasteiger partial charge on any atom is -0.497 e. The summed E-state index contributed by atoms with van der Waals surface area (Å²) in [5, 5.41) is 3.35. The average molecular weight is 335 g/mol. The summed E-state index contributed by atoms with van der Waals surface area (Å²) < 4.78 is 11.2. The molecule has 25 heavy (non-hydrogen) atoms. The summed E-state index contributed by atoms with van der Waals surface area (Å²) in [4.78, 5) is 18.4. The highest BCUT2D eigenvalue weighted by Crippen LogP contribution is 2.35. The number of ether oxygens (including phenoxy) is 1. The first-order chi connectivity index (χ1) is 12.2. The van der Waals surface area contributed by atoms with Gasteiger partial charge < -0.3 is 19.4 Å². The number of hydrogen-bond acceptors (Lipinski definition) is 5. The third kappa shape index (κ3) is 2.61. The number of pyridine rings is 1. The molecule has 1 aliphatic heterocycles. The number of aromatic nitrogens is 1. The molecule has 6 nitrogen and oxygen atoms in total. The number of benzene rings is 1. The monoisotopic (exact) mass is 335 g/mol. The molecule has 0 radical (unpaired) electrons. The van der Waals surface area contributed by atoms with Gasteiger partial charge in [-0.05, 0) is 42.5 Å². The Labute approximate surface area is 145 Å². The number of nitrogens with one attached hydrogen (secondary N) is 1. The lowest BCUT2D eigenvalue weighted by molar-refractivity contribution is 0.0719. The van der Waals surface area contributed by atoms with Gasteiger partial charge in [-0.25, -0.2) is 0 Å². The highest BCUT2D eigenvalue weighted by Gasteiger charge is 2.32. The molecule has 3 heterocycles. The maximum Gasteiger partial charge on any atom is 0.257 e. The van der Waals surface area contributed by atoms with Crippen molar-refractivity contribution in [1.29, 1.82) is 0 Å². The number of fused-ring (bicyclic) bond motifs is 1. The third-order valence-electron chi connectivity index (χ3n) is 4.30. The van der Waals surface area contributed by atoms with Crippen LogP contribution in [0.25, 0.3) is 11.3 Å². The van der Waals surface area contributed by atoms with Crippen molar-refractivity contribution in [1.82, 2.24) is 9.88 Å². The Kier molecular flexibility index (Phi) is 3.65. The van der Waals surface area contributed by atoms with Crippen LogP contribution in [0, 0.1) is 0 Å². The molecule has 1 aromatic carbocycles. The molecule has 0 bridgehead atoms. The van der Waals surface area contributed by atoms with Crippen LogP contribution in [0.3, 0.4) is 0 Å². The smallest absolute Gasteiger partial charge is 0.257 e. The Morgan fingerprint density at radius 2 is 2.12 bits per heavy atom. The number of methoxy groups -OCH3 is 1. The van der Waals surface area contributed by atoms with Crippen LogP contribution in [0.1, 0.15) is 22.3 Å². The quantitative estimate of drug-likeness (QED) is 0.793. The lowest BCUT2D eigenvalue weighted by Crippen LogP contribution is -2.40. The molecule has 0 fully saturated rings. The van der Waals surface area contributed by atoms with E-state index in [-0.39, 0.29) is 12.1 Å². The standard InChI is InChI=1S/C19H17N3O3/c1-22-18(17-8-7-16(25-17)12-4-3-9-20-11-12)21-15-6-5-13(24-2)10-14(15)19(22)23/h3-11,18,21H,1-2H3. The summed E-state index contributed by atoms with van der Waals surface area (Å²) in [7, 11) is 3.33. The first kappa shape index (κ1) is 15.3. The third-order valence-corrected chi connectivity index (χ3v) is 4.30. The number of furan rings is 1. The van der Waals surface area contributed by atoms with Crippen LogP contribution in [0.5, 0.6) is 5.75 Å². The van der Waals surface area contributed by atoms with Gasteiger partial charge in [0.2, 0.25) is 0 Å². The van der Waals surface area contributed by atoms with E-state index in [4.69, 9.17) is 9.15 Å². The van der Waals surface area contributed by atoms with Crippen molar-refractivity contribution in [2.75, 3.05) is 19.5 Å². The molecule has 0 spiro atoms. The number of carbonyl (C=O) groups is 1. The van der Waals surface area contributed by atoms with Crippen molar-refractivity contribution in [3.05, 3.63) is 66.2 Å². The number of hydrogen-bond donors (Lipinski definition) is 1. The Hall–Kier alpha value is -3.28. The fraction of sp³-hybridized carbons (Fsp3) is 0.158. The van der Waals surface area contributed by atoms with Gasteiger partial charge in [-0.3, -0.25) is 9.78 Å². The number of amides is 1. The number of nitrogens with zero attached hydrogens (tertiary/aromatic N) is 2. The van der Waals surface area contributed by atoms with Crippen molar-refractivity contribution in [3.8, 4) is 17.1 Å². The fourth-order valence-corrected chi connectivity index (χ4v) is 2.93. The Morgan fingerprint density at radius 3 is 2.88 bits per heavy atom. The van der Waals surface area contributed by atoms with E-state index in [2.05, 4.69) is 10.3 Å². The van der Waals surface area contributed by atoms with Crippen LogP contribution in [0.15, 0.2) is 59.3 Å². The van der Waals surface area contributed by atoms with Gasteiger partial charge in [-0.1, -0.05) is 0 Å². The highest BCUT2D eigenvalue weighted by molar-refractivity contribution is 6.02. The molecule has 1 aliphatic rings. The van der Waals surface area contributed by atoms with Crippen molar-refractivity contribution < 1.29 is 13.9 Å². The van der Waals surface area contributed by atoms with E-state index in [1.165, 1.54) is 0 Å².